The highest BCUT2D eigenvalue weighted by Gasteiger charge is 2.22. The van der Waals surface area contributed by atoms with Gasteiger partial charge in [-0.3, -0.25) is 9.59 Å². The molecule has 0 bridgehead atoms. The molecular weight excluding hydrogens is 326 g/mol. The minimum Gasteiger partial charge on any atom is -0.480 e. The van der Waals surface area contributed by atoms with E-state index < -0.39 is 29.9 Å². The number of aliphatic carboxylic acids is 1. The number of benzene rings is 1. The summed E-state index contributed by atoms with van der Waals surface area (Å²) in [5, 5.41) is 12.7. The van der Waals surface area contributed by atoms with Gasteiger partial charge in [-0.2, -0.15) is 0 Å². The van der Waals surface area contributed by atoms with Gasteiger partial charge in [0.2, 0.25) is 11.8 Å². The molecule has 0 fully saturated rings. The molecule has 0 unspecified atom stereocenters. The molecule has 0 radical (unpaired) electrons. The van der Waals surface area contributed by atoms with Crippen molar-refractivity contribution < 1.29 is 19.5 Å². The van der Waals surface area contributed by atoms with Crippen molar-refractivity contribution in [3.63, 3.8) is 0 Å². The topological polar surface area (TPSA) is 186 Å². The SMILES string of the molecule is N.NC(=O)[C@H](N)CCC(=O)N[C@H](Cc1c[nH]c2ccccc12)C(=O)O. The van der Waals surface area contributed by atoms with Gasteiger partial charge in [-0.05, 0) is 18.1 Å². The zero-order chi connectivity index (χ0) is 17.7. The van der Waals surface area contributed by atoms with Gasteiger partial charge in [0.1, 0.15) is 6.04 Å². The third-order valence-electron chi connectivity index (χ3n) is 3.78. The average molecular weight is 349 g/mol. The Balaban J connectivity index is 0.00000312. The van der Waals surface area contributed by atoms with Gasteiger partial charge in [0, 0.05) is 29.9 Å². The van der Waals surface area contributed by atoms with Crippen molar-refractivity contribution in [2.45, 2.75) is 31.3 Å². The first-order chi connectivity index (χ1) is 11.4. The van der Waals surface area contributed by atoms with E-state index in [4.69, 9.17) is 11.5 Å². The van der Waals surface area contributed by atoms with E-state index in [1.807, 2.05) is 24.3 Å². The van der Waals surface area contributed by atoms with E-state index in [2.05, 4.69) is 10.3 Å². The van der Waals surface area contributed by atoms with E-state index >= 15 is 0 Å². The van der Waals surface area contributed by atoms with Gasteiger partial charge >= 0.3 is 5.97 Å². The summed E-state index contributed by atoms with van der Waals surface area (Å²) in [5.41, 5.74) is 12.2. The summed E-state index contributed by atoms with van der Waals surface area (Å²) in [6.07, 6.45) is 1.88. The molecule has 10 N–H and O–H groups in total. The van der Waals surface area contributed by atoms with Crippen LogP contribution in [0.3, 0.4) is 0 Å². The average Bonchev–Trinajstić information content (AvgIpc) is 2.95. The van der Waals surface area contributed by atoms with Crippen molar-refractivity contribution in [3.8, 4) is 0 Å². The maximum absolute atomic E-state index is 11.9. The van der Waals surface area contributed by atoms with Crippen molar-refractivity contribution >= 4 is 28.7 Å². The number of rotatable bonds is 8. The molecule has 136 valence electrons. The number of nitrogens with one attached hydrogen (secondary N) is 2. The number of nitrogens with two attached hydrogens (primary N) is 2. The van der Waals surface area contributed by atoms with Crippen LogP contribution in [0.2, 0.25) is 0 Å². The first-order valence-electron chi connectivity index (χ1n) is 7.50. The van der Waals surface area contributed by atoms with E-state index in [1.165, 1.54) is 0 Å². The highest BCUT2D eigenvalue weighted by Crippen LogP contribution is 2.19. The highest BCUT2D eigenvalue weighted by molar-refractivity contribution is 5.87. The van der Waals surface area contributed by atoms with Gasteiger partial charge in [-0.15, -0.1) is 0 Å². The van der Waals surface area contributed by atoms with Gasteiger partial charge in [0.15, 0.2) is 0 Å². The van der Waals surface area contributed by atoms with Crippen molar-refractivity contribution in [3.05, 3.63) is 36.0 Å². The van der Waals surface area contributed by atoms with E-state index in [0.29, 0.717) is 0 Å². The largest absolute Gasteiger partial charge is 0.480 e. The van der Waals surface area contributed by atoms with Gasteiger partial charge in [0.25, 0.3) is 0 Å². The summed E-state index contributed by atoms with van der Waals surface area (Å²) < 4.78 is 0. The van der Waals surface area contributed by atoms with Gasteiger partial charge < -0.3 is 33.0 Å². The van der Waals surface area contributed by atoms with E-state index in [-0.39, 0.29) is 25.4 Å². The molecule has 9 nitrogen and oxygen atoms in total. The summed E-state index contributed by atoms with van der Waals surface area (Å²) >= 11 is 0. The number of amides is 2. The second-order valence-electron chi connectivity index (χ2n) is 5.57. The van der Waals surface area contributed by atoms with Gasteiger partial charge in [-0.1, -0.05) is 18.2 Å². The molecule has 1 heterocycles. The van der Waals surface area contributed by atoms with Crippen molar-refractivity contribution in [1.82, 2.24) is 16.5 Å². The molecule has 2 atom stereocenters. The Hall–Kier alpha value is -2.91. The number of aromatic amines is 1. The fourth-order valence-corrected chi connectivity index (χ4v) is 2.42. The Kier molecular flexibility index (Phi) is 7.09. The van der Waals surface area contributed by atoms with Crippen LogP contribution in [0.5, 0.6) is 0 Å². The van der Waals surface area contributed by atoms with Crippen LogP contribution >= 0.6 is 0 Å². The number of carboxylic acids is 1. The number of carboxylic acid groups (broad SMARTS) is 1. The highest BCUT2D eigenvalue weighted by atomic mass is 16.4. The van der Waals surface area contributed by atoms with Crippen LogP contribution in [0.4, 0.5) is 0 Å². The number of primary amides is 1. The number of aromatic nitrogens is 1. The van der Waals surface area contributed by atoms with Crippen LogP contribution in [0.15, 0.2) is 30.5 Å². The minimum atomic E-state index is -1.13. The molecule has 25 heavy (non-hydrogen) atoms. The molecule has 0 saturated carbocycles. The minimum absolute atomic E-state index is 0. The van der Waals surface area contributed by atoms with Crippen molar-refractivity contribution in [2.24, 2.45) is 11.5 Å². The Bertz CT molecular complexity index is 758. The number of para-hydroxylation sites is 1. The lowest BCUT2D eigenvalue weighted by Gasteiger charge is -2.15. The molecule has 0 aliphatic rings. The Labute approximate surface area is 144 Å². The summed E-state index contributed by atoms with van der Waals surface area (Å²) in [4.78, 5) is 37.2. The maximum atomic E-state index is 11.9. The van der Waals surface area contributed by atoms with E-state index in [9.17, 15) is 19.5 Å². The second-order valence-corrected chi connectivity index (χ2v) is 5.57. The Morgan fingerprint density at radius 3 is 2.56 bits per heavy atom. The number of hydrogen-bond donors (Lipinski definition) is 6. The number of hydrogen-bond acceptors (Lipinski definition) is 5. The van der Waals surface area contributed by atoms with Crippen LogP contribution in [0.25, 0.3) is 10.9 Å². The number of carbonyl (C=O) groups excluding carboxylic acids is 2. The number of H-pyrrole nitrogens is 1. The third-order valence-corrected chi connectivity index (χ3v) is 3.78. The first-order valence-corrected chi connectivity index (χ1v) is 7.50. The lowest BCUT2D eigenvalue weighted by Crippen LogP contribution is -2.43. The predicted octanol–water partition coefficient (Wildman–Crippen LogP) is 0.0346. The lowest BCUT2D eigenvalue weighted by molar-refractivity contribution is -0.141. The zero-order valence-corrected chi connectivity index (χ0v) is 13.7. The predicted molar refractivity (Wildman–Crippen MR) is 93.0 cm³/mol. The van der Waals surface area contributed by atoms with Crippen LogP contribution in [-0.2, 0) is 20.8 Å². The molecule has 0 aliphatic heterocycles. The van der Waals surface area contributed by atoms with Crippen molar-refractivity contribution in [2.75, 3.05) is 0 Å². The normalized spacial score (nSPS) is 12.8. The molecule has 2 aromatic rings. The molecule has 0 saturated heterocycles. The van der Waals surface area contributed by atoms with Crippen LogP contribution in [0.1, 0.15) is 18.4 Å². The van der Waals surface area contributed by atoms with Crippen LogP contribution in [-0.4, -0.2) is 40.0 Å². The van der Waals surface area contributed by atoms with E-state index in [1.54, 1.807) is 6.20 Å². The van der Waals surface area contributed by atoms with Gasteiger partial charge in [0.05, 0.1) is 6.04 Å². The summed E-state index contributed by atoms with van der Waals surface area (Å²) in [6, 6.07) is 5.51. The third kappa shape index (κ3) is 5.30. The molecule has 2 rings (SSSR count). The molecule has 2 amide bonds. The molecule has 1 aromatic carbocycles. The standard InChI is InChI=1S/C16H20N4O4.H3N/c17-11(15(18)22)5-6-14(21)20-13(16(23)24)7-9-8-19-12-4-2-1-3-10(9)12;/h1-4,8,11,13,19H,5-7,17H2,(H2,18,22)(H,20,21)(H,23,24);1H3/t11-,13-;/m1./s1. The van der Waals surface area contributed by atoms with Gasteiger partial charge in [-0.25, -0.2) is 4.79 Å². The molecule has 9 heteroatoms. The monoisotopic (exact) mass is 349 g/mol. The first kappa shape index (κ1) is 20.1. The molecule has 0 aliphatic carbocycles. The zero-order valence-electron chi connectivity index (χ0n) is 13.7. The molecule has 0 spiro atoms. The Morgan fingerprint density at radius 1 is 1.24 bits per heavy atom. The maximum Gasteiger partial charge on any atom is 0.326 e. The molecule has 1 aromatic heterocycles. The fraction of sp³-hybridized carbons (Fsp3) is 0.312. The van der Waals surface area contributed by atoms with Crippen LogP contribution in [0, 0.1) is 0 Å². The fourth-order valence-electron chi connectivity index (χ4n) is 2.42. The number of carbonyl (C=O) groups is 3. The second kappa shape index (κ2) is 8.81. The Morgan fingerprint density at radius 2 is 1.92 bits per heavy atom. The molecular formula is C16H23N5O4. The van der Waals surface area contributed by atoms with Crippen LogP contribution < -0.4 is 22.9 Å². The summed E-state index contributed by atoms with van der Waals surface area (Å²) in [7, 11) is 0. The number of fused-ring (bicyclic) bond motifs is 1. The smallest absolute Gasteiger partial charge is 0.326 e. The lowest BCUT2D eigenvalue weighted by atomic mass is 10.0. The quantitative estimate of drug-likeness (QED) is 0.390. The summed E-state index contributed by atoms with van der Waals surface area (Å²) in [5.74, 6) is -2.32. The summed E-state index contributed by atoms with van der Waals surface area (Å²) in [6.45, 7) is 0. The van der Waals surface area contributed by atoms with Crippen molar-refractivity contribution in [1.29, 1.82) is 0 Å². The van der Waals surface area contributed by atoms with E-state index in [0.717, 1.165) is 16.5 Å².